The lowest BCUT2D eigenvalue weighted by Crippen LogP contribution is -2.37. The number of phosphoric ester groups is 1. The normalized spacial score (nSPS) is 14.0. The molecule has 0 heterocycles. The molecule has 2 atom stereocenters. The number of carbonyl (C=O) groups excluding carboxylic acids is 1. The fraction of sp³-hybridized carbons (Fsp3) is 0.927. The number of hydrogen-bond acceptors (Lipinski definition) is 7. The maximum absolute atomic E-state index is 12.4. The van der Waals surface area contributed by atoms with Crippen LogP contribution in [-0.2, 0) is 27.9 Å². The highest BCUT2D eigenvalue weighted by molar-refractivity contribution is 7.45. The monoisotopic (exact) mass is 732 g/mol. The average molecular weight is 732 g/mol. The minimum absolute atomic E-state index is 0.0282. The summed E-state index contributed by atoms with van der Waals surface area (Å²) in [5.74, 6) is -0.350. The van der Waals surface area contributed by atoms with Crippen molar-refractivity contribution in [3.8, 4) is 0 Å². The molecular formula is C41H82NO7P. The molecule has 9 heteroatoms. The van der Waals surface area contributed by atoms with Crippen LogP contribution in [0, 0.1) is 0 Å². The van der Waals surface area contributed by atoms with Crippen molar-refractivity contribution < 1.29 is 37.3 Å². The Bertz CT molecular complexity index is 817. The summed E-state index contributed by atoms with van der Waals surface area (Å²) < 4.78 is 34.2. The van der Waals surface area contributed by atoms with E-state index in [0.717, 1.165) is 38.5 Å². The summed E-state index contributed by atoms with van der Waals surface area (Å²) in [6.45, 7) is 5.30. The smallest absolute Gasteiger partial charge is 0.306 e. The summed E-state index contributed by atoms with van der Waals surface area (Å²) in [5, 5.41) is 0. The number of phosphoric acid groups is 1. The van der Waals surface area contributed by atoms with Crippen molar-refractivity contribution in [3.05, 3.63) is 12.2 Å². The van der Waals surface area contributed by atoms with Gasteiger partial charge in [-0.25, -0.2) is 0 Å². The molecule has 0 bridgehead atoms. The Labute approximate surface area is 310 Å². The molecular weight excluding hydrogens is 649 g/mol. The zero-order valence-corrected chi connectivity index (χ0v) is 34.5. The zero-order chi connectivity index (χ0) is 37.0. The lowest BCUT2D eigenvalue weighted by atomic mass is 10.0. The van der Waals surface area contributed by atoms with Gasteiger partial charge in [-0.15, -0.1) is 0 Å². The molecule has 0 aromatic rings. The largest absolute Gasteiger partial charge is 0.756 e. The van der Waals surface area contributed by atoms with E-state index in [1.54, 1.807) is 0 Å². The number of likely N-dealkylation sites (N-methyl/N-ethyl adjacent to an activating group) is 1. The van der Waals surface area contributed by atoms with Crippen LogP contribution in [0.25, 0.3) is 0 Å². The van der Waals surface area contributed by atoms with Crippen molar-refractivity contribution in [2.75, 3.05) is 54.1 Å². The third-order valence-corrected chi connectivity index (χ3v) is 10.0. The van der Waals surface area contributed by atoms with Gasteiger partial charge in [0.1, 0.15) is 19.3 Å². The molecule has 0 amide bonds. The maximum Gasteiger partial charge on any atom is 0.306 e. The molecule has 0 radical (unpaired) electrons. The predicted molar refractivity (Wildman–Crippen MR) is 208 cm³/mol. The van der Waals surface area contributed by atoms with Crippen LogP contribution < -0.4 is 4.89 Å². The SMILES string of the molecule is CCCCCCCCCC/C=C\CCCCCCCCCCCCCCOCC(COP(=O)([O-])OCC[N+](C)(C)C)OC(=O)CCCCCC. The lowest BCUT2D eigenvalue weighted by molar-refractivity contribution is -0.870. The second-order valence-electron chi connectivity index (χ2n) is 15.4. The number of allylic oxidation sites excluding steroid dienone is 2. The Morgan fingerprint density at radius 3 is 1.52 bits per heavy atom. The van der Waals surface area contributed by atoms with Crippen molar-refractivity contribution in [3.63, 3.8) is 0 Å². The Morgan fingerprint density at radius 2 is 1.04 bits per heavy atom. The van der Waals surface area contributed by atoms with Crippen LogP contribution in [0.15, 0.2) is 12.2 Å². The van der Waals surface area contributed by atoms with Gasteiger partial charge in [0, 0.05) is 13.0 Å². The van der Waals surface area contributed by atoms with Gasteiger partial charge >= 0.3 is 5.97 Å². The van der Waals surface area contributed by atoms with Gasteiger partial charge < -0.3 is 27.9 Å². The van der Waals surface area contributed by atoms with Gasteiger partial charge in [-0.05, 0) is 38.5 Å². The van der Waals surface area contributed by atoms with E-state index in [9.17, 15) is 14.3 Å². The van der Waals surface area contributed by atoms with E-state index in [2.05, 4.69) is 26.0 Å². The van der Waals surface area contributed by atoms with E-state index in [0.29, 0.717) is 24.1 Å². The van der Waals surface area contributed by atoms with Gasteiger partial charge in [0.2, 0.25) is 0 Å². The summed E-state index contributed by atoms with van der Waals surface area (Å²) in [6, 6.07) is 0. The van der Waals surface area contributed by atoms with Crippen LogP contribution >= 0.6 is 7.82 Å². The first-order valence-corrected chi connectivity index (χ1v) is 22.4. The molecule has 0 aliphatic carbocycles. The number of ether oxygens (including phenoxy) is 2. The molecule has 50 heavy (non-hydrogen) atoms. The number of esters is 1. The molecule has 0 saturated heterocycles. The van der Waals surface area contributed by atoms with Crippen molar-refractivity contribution in [1.82, 2.24) is 0 Å². The first kappa shape index (κ1) is 49.2. The molecule has 2 unspecified atom stereocenters. The van der Waals surface area contributed by atoms with Gasteiger partial charge in [-0.3, -0.25) is 9.36 Å². The molecule has 0 spiro atoms. The molecule has 0 aliphatic heterocycles. The van der Waals surface area contributed by atoms with Crippen LogP contribution in [0.3, 0.4) is 0 Å². The summed E-state index contributed by atoms with van der Waals surface area (Å²) in [5.41, 5.74) is 0. The first-order valence-electron chi connectivity index (χ1n) is 20.9. The van der Waals surface area contributed by atoms with E-state index in [-0.39, 0.29) is 25.8 Å². The average Bonchev–Trinajstić information content (AvgIpc) is 3.06. The van der Waals surface area contributed by atoms with Gasteiger partial charge in [-0.2, -0.15) is 0 Å². The molecule has 0 rings (SSSR count). The van der Waals surface area contributed by atoms with Crippen LogP contribution in [0.2, 0.25) is 0 Å². The Morgan fingerprint density at radius 1 is 0.600 bits per heavy atom. The Hall–Kier alpha value is -0.760. The van der Waals surface area contributed by atoms with Crippen molar-refractivity contribution in [2.45, 2.75) is 193 Å². The number of unbranched alkanes of at least 4 members (excludes halogenated alkanes) is 23. The Balaban J connectivity index is 3.85. The molecule has 0 N–H and O–H groups in total. The summed E-state index contributed by atoms with van der Waals surface area (Å²) in [6.07, 6.45) is 37.2. The zero-order valence-electron chi connectivity index (χ0n) is 33.6. The number of quaternary nitrogens is 1. The maximum atomic E-state index is 12.4. The molecule has 0 aromatic carbocycles. The third kappa shape index (κ3) is 38.5. The highest BCUT2D eigenvalue weighted by atomic mass is 31.2. The van der Waals surface area contributed by atoms with E-state index in [1.165, 1.54) is 128 Å². The Kier molecular flexibility index (Phi) is 34.7. The minimum Gasteiger partial charge on any atom is -0.756 e. The fourth-order valence-corrected chi connectivity index (χ4v) is 6.50. The van der Waals surface area contributed by atoms with Crippen LogP contribution in [0.1, 0.15) is 187 Å². The van der Waals surface area contributed by atoms with E-state index in [4.69, 9.17) is 18.5 Å². The van der Waals surface area contributed by atoms with Crippen molar-refractivity contribution >= 4 is 13.8 Å². The molecule has 0 saturated carbocycles. The highest BCUT2D eigenvalue weighted by Crippen LogP contribution is 2.38. The first-order chi connectivity index (χ1) is 24.1. The van der Waals surface area contributed by atoms with Gasteiger partial charge in [-0.1, -0.05) is 154 Å². The molecule has 0 aliphatic rings. The number of hydrogen-bond donors (Lipinski definition) is 0. The van der Waals surface area contributed by atoms with Crippen LogP contribution in [-0.4, -0.2) is 70.7 Å². The quantitative estimate of drug-likeness (QED) is 0.0204. The van der Waals surface area contributed by atoms with Crippen LogP contribution in [0.4, 0.5) is 0 Å². The predicted octanol–water partition coefficient (Wildman–Crippen LogP) is 11.3. The highest BCUT2D eigenvalue weighted by Gasteiger charge is 2.20. The third-order valence-electron chi connectivity index (χ3n) is 9.07. The lowest BCUT2D eigenvalue weighted by Gasteiger charge is -2.28. The topological polar surface area (TPSA) is 94.1 Å². The van der Waals surface area contributed by atoms with E-state index < -0.39 is 13.9 Å². The van der Waals surface area contributed by atoms with E-state index in [1.807, 2.05) is 21.1 Å². The second-order valence-corrected chi connectivity index (χ2v) is 16.8. The number of rotatable bonds is 39. The van der Waals surface area contributed by atoms with E-state index >= 15 is 0 Å². The van der Waals surface area contributed by atoms with Crippen LogP contribution in [0.5, 0.6) is 0 Å². The summed E-state index contributed by atoms with van der Waals surface area (Å²) in [7, 11) is 1.36. The molecule has 0 fully saturated rings. The minimum atomic E-state index is -4.50. The molecule has 8 nitrogen and oxygen atoms in total. The standard InChI is InChI=1S/C41H82NO7P/c1-6-8-10-12-13-14-15-16-17-18-19-20-21-22-23-24-25-26-27-28-29-30-31-33-36-46-38-40(49-41(43)34-32-11-9-7-2)39-48-50(44,45)47-37-35-42(3,4)5/h18-19,40H,6-17,20-39H2,1-5H3/b19-18-. The van der Waals surface area contributed by atoms with Gasteiger partial charge in [0.15, 0.2) is 0 Å². The number of carbonyl (C=O) groups is 1. The van der Waals surface area contributed by atoms with Gasteiger partial charge in [0.25, 0.3) is 7.82 Å². The molecule has 0 aromatic heterocycles. The van der Waals surface area contributed by atoms with Crippen molar-refractivity contribution in [1.29, 1.82) is 0 Å². The number of nitrogens with zero attached hydrogens (tertiary/aromatic N) is 1. The summed E-state index contributed by atoms with van der Waals surface area (Å²) in [4.78, 5) is 24.6. The fourth-order valence-electron chi connectivity index (χ4n) is 5.78. The van der Waals surface area contributed by atoms with Crippen molar-refractivity contribution in [2.24, 2.45) is 0 Å². The molecule has 298 valence electrons. The summed E-state index contributed by atoms with van der Waals surface area (Å²) >= 11 is 0. The second kappa shape index (κ2) is 35.3. The van der Waals surface area contributed by atoms with Gasteiger partial charge in [0.05, 0.1) is 34.4 Å².